The van der Waals surface area contributed by atoms with E-state index in [-0.39, 0.29) is 31.2 Å². The van der Waals surface area contributed by atoms with Gasteiger partial charge in [-0.3, -0.25) is 9.69 Å². The second-order valence-corrected chi connectivity index (χ2v) is 12.1. The summed E-state index contributed by atoms with van der Waals surface area (Å²) in [4.78, 5) is 33.9. The van der Waals surface area contributed by atoms with E-state index in [4.69, 9.17) is 19.2 Å². The first-order valence-corrected chi connectivity index (χ1v) is 14.7. The molecule has 2 fully saturated rings. The summed E-state index contributed by atoms with van der Waals surface area (Å²) < 4.78 is 18.7. The lowest BCUT2D eigenvalue weighted by atomic mass is 9.86. The highest BCUT2D eigenvalue weighted by atomic mass is 16.6. The van der Waals surface area contributed by atoms with Gasteiger partial charge in [0, 0.05) is 41.7 Å². The van der Waals surface area contributed by atoms with Crippen LogP contribution in [-0.2, 0) is 34.8 Å². The van der Waals surface area contributed by atoms with Gasteiger partial charge in [-0.2, -0.15) is 0 Å². The molecule has 41 heavy (non-hydrogen) atoms. The molecule has 6 heterocycles. The number of benzene rings is 1. The van der Waals surface area contributed by atoms with Crippen molar-refractivity contribution < 1.29 is 29.2 Å². The monoisotopic (exact) mass is 559 g/mol. The molecule has 0 unspecified atom stereocenters. The highest BCUT2D eigenvalue weighted by Crippen LogP contribution is 2.46. The second kappa shape index (κ2) is 9.01. The van der Waals surface area contributed by atoms with Crippen molar-refractivity contribution in [1.82, 2.24) is 14.5 Å². The Bertz CT molecular complexity index is 1680. The van der Waals surface area contributed by atoms with Crippen LogP contribution in [0.15, 0.2) is 23.0 Å². The van der Waals surface area contributed by atoms with Gasteiger partial charge in [0.25, 0.3) is 5.56 Å². The maximum Gasteiger partial charge on any atom is 0.343 e. The zero-order chi connectivity index (χ0) is 28.0. The summed E-state index contributed by atoms with van der Waals surface area (Å²) in [6, 6.07) is 5.75. The molecule has 2 N–H and O–H groups in total. The summed E-state index contributed by atoms with van der Waals surface area (Å²) in [5, 5.41) is 22.6. The minimum Gasteiger partial charge on any atom is -0.486 e. The number of ether oxygens (including phenoxy) is 3. The highest BCUT2D eigenvalue weighted by Gasteiger charge is 2.46. The molecule has 1 aromatic carbocycles. The fourth-order valence-corrected chi connectivity index (χ4v) is 8.02. The van der Waals surface area contributed by atoms with E-state index in [1.54, 1.807) is 17.6 Å². The van der Waals surface area contributed by atoms with E-state index in [1.165, 1.54) is 12.8 Å². The quantitative estimate of drug-likeness (QED) is 0.363. The predicted octanol–water partition coefficient (Wildman–Crippen LogP) is 2.44. The molecule has 5 aliphatic rings. The van der Waals surface area contributed by atoms with Gasteiger partial charge in [0.05, 0.1) is 35.6 Å². The number of esters is 1. The molecule has 0 spiro atoms. The molecule has 1 aliphatic carbocycles. The van der Waals surface area contributed by atoms with Crippen molar-refractivity contribution in [1.29, 1.82) is 0 Å². The number of hydrogen-bond donors (Lipinski definition) is 2. The molecular formula is C31H33N3O7. The van der Waals surface area contributed by atoms with Gasteiger partial charge in [0.15, 0.2) is 17.1 Å². The number of carbonyl (C=O) groups excluding carboxylic acids is 1. The van der Waals surface area contributed by atoms with Crippen molar-refractivity contribution >= 4 is 16.9 Å². The van der Waals surface area contributed by atoms with Gasteiger partial charge < -0.3 is 29.0 Å². The van der Waals surface area contributed by atoms with E-state index in [0.717, 1.165) is 35.0 Å². The number of likely N-dealkylation sites (tertiary alicyclic amines) is 1. The average Bonchev–Trinajstić information content (AvgIpc) is 3.67. The predicted molar refractivity (Wildman–Crippen MR) is 148 cm³/mol. The van der Waals surface area contributed by atoms with E-state index in [9.17, 15) is 19.8 Å². The molecule has 1 saturated heterocycles. The van der Waals surface area contributed by atoms with Crippen LogP contribution in [0.2, 0.25) is 0 Å². The van der Waals surface area contributed by atoms with Crippen molar-refractivity contribution in [3.8, 4) is 22.9 Å². The van der Waals surface area contributed by atoms with Crippen molar-refractivity contribution in [2.75, 3.05) is 26.4 Å². The SMILES string of the molecule is CC[C@@]1(O)C(=O)OCc2c1cc1n(c2=O)Cc2c-1nc1cc3c(cc1c2CN1C[C@@H]2CCC[C@@H]2[C@H]1CO)OCCO3. The van der Waals surface area contributed by atoms with Crippen LogP contribution in [0.4, 0.5) is 0 Å². The lowest BCUT2D eigenvalue weighted by Crippen LogP contribution is -2.44. The number of nitrogens with zero attached hydrogens (tertiary/aromatic N) is 3. The molecule has 10 nitrogen and oxygen atoms in total. The fourth-order valence-electron chi connectivity index (χ4n) is 8.02. The zero-order valence-electron chi connectivity index (χ0n) is 23.0. The van der Waals surface area contributed by atoms with Crippen molar-refractivity contribution in [2.24, 2.45) is 11.8 Å². The Morgan fingerprint density at radius 2 is 1.88 bits per heavy atom. The minimum absolute atomic E-state index is 0.0916. The van der Waals surface area contributed by atoms with Gasteiger partial charge in [-0.1, -0.05) is 13.3 Å². The minimum atomic E-state index is -1.88. The average molecular weight is 560 g/mol. The lowest BCUT2D eigenvalue weighted by Gasteiger charge is -2.31. The molecule has 214 valence electrons. The largest absolute Gasteiger partial charge is 0.486 e. The van der Waals surface area contributed by atoms with Crippen LogP contribution < -0.4 is 15.0 Å². The van der Waals surface area contributed by atoms with Crippen LogP contribution in [0.1, 0.15) is 54.9 Å². The molecule has 3 aromatic rings. The molecule has 2 aromatic heterocycles. The number of fused-ring (bicyclic) bond motifs is 7. The Kier molecular flexibility index (Phi) is 5.55. The van der Waals surface area contributed by atoms with Crippen LogP contribution >= 0.6 is 0 Å². The topological polar surface area (TPSA) is 123 Å². The van der Waals surface area contributed by atoms with Gasteiger partial charge in [-0.15, -0.1) is 0 Å². The maximum atomic E-state index is 13.8. The molecule has 1 saturated carbocycles. The van der Waals surface area contributed by atoms with Crippen molar-refractivity contribution in [2.45, 2.75) is 63.9 Å². The number of carbonyl (C=O) groups is 1. The lowest BCUT2D eigenvalue weighted by molar-refractivity contribution is -0.172. The number of aliphatic hydroxyl groups is 2. The maximum absolute atomic E-state index is 13.8. The smallest absolute Gasteiger partial charge is 0.343 e. The third kappa shape index (κ3) is 3.50. The number of aliphatic hydroxyl groups excluding tert-OH is 1. The Morgan fingerprint density at radius 3 is 2.66 bits per heavy atom. The first kappa shape index (κ1) is 25.3. The Morgan fingerprint density at radius 1 is 1.07 bits per heavy atom. The molecule has 8 rings (SSSR count). The van der Waals surface area contributed by atoms with Gasteiger partial charge in [-0.25, -0.2) is 9.78 Å². The van der Waals surface area contributed by atoms with Crippen molar-refractivity contribution in [3.05, 3.63) is 50.8 Å². The van der Waals surface area contributed by atoms with Crippen LogP contribution in [0.25, 0.3) is 22.3 Å². The van der Waals surface area contributed by atoms with Gasteiger partial charge in [0.2, 0.25) is 0 Å². The normalized spacial score (nSPS) is 27.9. The van der Waals surface area contributed by atoms with E-state index in [1.807, 2.05) is 12.1 Å². The van der Waals surface area contributed by atoms with Crippen LogP contribution in [0.3, 0.4) is 0 Å². The van der Waals surface area contributed by atoms with E-state index < -0.39 is 11.6 Å². The summed E-state index contributed by atoms with van der Waals surface area (Å²) in [6.45, 7) is 4.47. The third-order valence-electron chi connectivity index (χ3n) is 10.2. The Hall–Kier alpha value is -3.47. The number of aromatic nitrogens is 2. The molecular weight excluding hydrogens is 526 g/mol. The Balaban J connectivity index is 1.33. The standard InChI is InChI=1S/C31H33N3O7/c1-2-31(38)22-9-24-28-20(13-34(24)29(36)21(22)15-41-30(31)37)19(12-33-11-16-4-3-5-17(16)25(33)14-35)18-8-26-27(10-23(18)32-28)40-7-6-39-26/h8-10,16-17,25,35,38H,2-7,11-15H2,1H3/t16-,17-,25+,31-/m0/s1. The number of rotatable bonds is 4. The molecule has 10 heteroatoms. The Labute approximate surface area is 236 Å². The summed E-state index contributed by atoms with van der Waals surface area (Å²) in [5.74, 6) is 1.67. The highest BCUT2D eigenvalue weighted by molar-refractivity contribution is 5.91. The fraction of sp³-hybridized carbons (Fsp3) is 0.516. The van der Waals surface area contributed by atoms with Crippen LogP contribution in [0.5, 0.6) is 11.5 Å². The number of hydrogen-bond acceptors (Lipinski definition) is 9. The van der Waals surface area contributed by atoms with E-state index in [0.29, 0.717) is 72.2 Å². The zero-order valence-corrected chi connectivity index (χ0v) is 23.0. The van der Waals surface area contributed by atoms with Gasteiger partial charge >= 0.3 is 5.97 Å². The van der Waals surface area contributed by atoms with Crippen LogP contribution in [0, 0.1) is 11.8 Å². The van der Waals surface area contributed by atoms with Gasteiger partial charge in [-0.05, 0) is 48.8 Å². The van der Waals surface area contributed by atoms with Crippen molar-refractivity contribution in [3.63, 3.8) is 0 Å². The van der Waals surface area contributed by atoms with E-state index >= 15 is 0 Å². The third-order valence-corrected chi connectivity index (χ3v) is 10.2. The molecule has 0 radical (unpaired) electrons. The summed E-state index contributed by atoms with van der Waals surface area (Å²) in [5.41, 5.74) is 2.43. The van der Waals surface area contributed by atoms with Gasteiger partial charge in [0.1, 0.15) is 19.8 Å². The van der Waals surface area contributed by atoms with E-state index in [2.05, 4.69) is 4.90 Å². The first-order chi connectivity index (χ1) is 19.9. The molecule has 4 aliphatic heterocycles. The number of cyclic esters (lactones) is 1. The number of pyridine rings is 2. The summed E-state index contributed by atoms with van der Waals surface area (Å²) in [7, 11) is 0. The molecule has 4 atom stereocenters. The molecule has 0 amide bonds. The molecule has 0 bridgehead atoms. The summed E-state index contributed by atoms with van der Waals surface area (Å²) in [6.07, 6.45) is 3.65. The second-order valence-electron chi connectivity index (χ2n) is 12.1. The summed E-state index contributed by atoms with van der Waals surface area (Å²) >= 11 is 0. The van der Waals surface area contributed by atoms with Crippen LogP contribution in [-0.4, -0.2) is 63.0 Å². The first-order valence-electron chi connectivity index (χ1n) is 14.7.